The van der Waals surface area contributed by atoms with Crippen molar-refractivity contribution in [2.75, 3.05) is 26.2 Å². The van der Waals surface area contributed by atoms with Crippen molar-refractivity contribution in [2.45, 2.75) is 27.2 Å². The molecule has 8 heteroatoms. The summed E-state index contributed by atoms with van der Waals surface area (Å²) < 4.78 is 2.29. The largest absolute Gasteiger partial charge is 0.352 e. The number of rotatable bonds is 7. The zero-order chi connectivity index (χ0) is 19.4. The summed E-state index contributed by atoms with van der Waals surface area (Å²) in [5.74, 6) is -0.323. The molecular formula is C18H27N5O3. The maximum absolute atomic E-state index is 12.7. The number of nitrogens with one attached hydrogen (secondary N) is 1. The Morgan fingerprint density at radius 2 is 1.85 bits per heavy atom. The predicted molar refractivity (Wildman–Crippen MR) is 102 cm³/mol. The monoisotopic (exact) mass is 361 g/mol. The lowest BCUT2D eigenvalue weighted by Gasteiger charge is -2.17. The lowest BCUT2D eigenvalue weighted by atomic mass is 10.1. The quantitative estimate of drug-likeness (QED) is 0.721. The topological polar surface area (TPSA) is 89.2 Å². The fourth-order valence-electron chi connectivity index (χ4n) is 3.00. The molecule has 26 heavy (non-hydrogen) atoms. The first kappa shape index (κ1) is 19.8. The van der Waals surface area contributed by atoms with Crippen LogP contribution in [0, 0.1) is 6.92 Å². The highest BCUT2D eigenvalue weighted by molar-refractivity contribution is 6.05. The summed E-state index contributed by atoms with van der Waals surface area (Å²) in [4.78, 5) is 43.9. The zero-order valence-electron chi connectivity index (χ0n) is 16.1. The highest BCUT2D eigenvalue weighted by atomic mass is 16.2. The van der Waals surface area contributed by atoms with Crippen LogP contribution in [0.1, 0.15) is 36.3 Å². The average molecular weight is 361 g/mol. The normalized spacial score (nSPS) is 11.3. The third-order valence-corrected chi connectivity index (χ3v) is 4.61. The number of hydrogen-bond acceptors (Lipinski definition) is 5. The summed E-state index contributed by atoms with van der Waals surface area (Å²) in [6.07, 6.45) is 0.825. The predicted octanol–water partition coefficient (Wildman–Crippen LogP) is 0.402. The van der Waals surface area contributed by atoms with Gasteiger partial charge in [0.1, 0.15) is 5.65 Å². The molecule has 1 N–H and O–H groups in total. The van der Waals surface area contributed by atoms with Gasteiger partial charge in [0.15, 0.2) is 0 Å². The number of aryl methyl sites for hydroxylation is 2. The molecule has 0 spiro atoms. The van der Waals surface area contributed by atoms with Crippen LogP contribution >= 0.6 is 0 Å². The smallest absolute Gasteiger partial charge is 0.332 e. The van der Waals surface area contributed by atoms with Gasteiger partial charge in [0.25, 0.3) is 11.5 Å². The van der Waals surface area contributed by atoms with Crippen molar-refractivity contribution in [3.63, 3.8) is 0 Å². The molecular weight excluding hydrogens is 334 g/mol. The third kappa shape index (κ3) is 3.85. The number of pyridine rings is 1. The van der Waals surface area contributed by atoms with Gasteiger partial charge in [0, 0.05) is 26.3 Å². The van der Waals surface area contributed by atoms with E-state index in [9.17, 15) is 14.4 Å². The second-order valence-corrected chi connectivity index (χ2v) is 6.35. The first-order chi connectivity index (χ1) is 12.3. The molecule has 0 saturated carbocycles. The molecule has 0 aromatic carbocycles. The molecule has 8 nitrogen and oxygen atoms in total. The molecule has 2 rings (SSSR count). The maximum atomic E-state index is 12.7. The van der Waals surface area contributed by atoms with Crippen molar-refractivity contribution in [3.05, 3.63) is 38.2 Å². The molecule has 0 aliphatic rings. The third-order valence-electron chi connectivity index (χ3n) is 4.61. The second-order valence-electron chi connectivity index (χ2n) is 6.35. The molecule has 0 aliphatic heterocycles. The van der Waals surface area contributed by atoms with Gasteiger partial charge in [0.05, 0.1) is 10.9 Å². The Bertz CT molecular complexity index is 925. The Morgan fingerprint density at radius 1 is 1.19 bits per heavy atom. The first-order valence-electron chi connectivity index (χ1n) is 8.89. The molecule has 0 unspecified atom stereocenters. The van der Waals surface area contributed by atoms with Crippen LogP contribution in [-0.4, -0.2) is 51.1 Å². The molecule has 142 valence electrons. The van der Waals surface area contributed by atoms with Crippen LogP contribution in [0.5, 0.6) is 0 Å². The highest BCUT2D eigenvalue weighted by Crippen LogP contribution is 2.13. The standard InChI is InChI=1S/C18H27N5O3/c1-6-23(7-2)10-8-9-19-16(24)13-11-12(3)20-15-14(13)17(25)22(5)18(26)21(15)4/h11H,6-10H2,1-5H3,(H,19,24). The second kappa shape index (κ2) is 8.27. The van der Waals surface area contributed by atoms with Crippen molar-refractivity contribution in [3.8, 4) is 0 Å². The van der Waals surface area contributed by atoms with Crippen LogP contribution in [0.15, 0.2) is 15.7 Å². The molecule has 1 amide bonds. The van der Waals surface area contributed by atoms with Gasteiger partial charge in [-0.3, -0.25) is 18.7 Å². The Hall–Kier alpha value is -2.48. The van der Waals surface area contributed by atoms with Gasteiger partial charge in [0.2, 0.25) is 0 Å². The van der Waals surface area contributed by atoms with E-state index in [1.165, 1.54) is 11.6 Å². The minimum absolute atomic E-state index is 0.168. The van der Waals surface area contributed by atoms with Crippen molar-refractivity contribution in [1.29, 1.82) is 0 Å². The first-order valence-corrected chi connectivity index (χ1v) is 8.89. The number of amides is 1. The van der Waals surface area contributed by atoms with Gasteiger partial charge < -0.3 is 10.2 Å². The van der Waals surface area contributed by atoms with E-state index >= 15 is 0 Å². The van der Waals surface area contributed by atoms with E-state index in [1.807, 2.05) is 0 Å². The summed E-state index contributed by atoms with van der Waals surface area (Å²) in [6.45, 7) is 9.32. The number of nitrogens with zero attached hydrogens (tertiary/aromatic N) is 4. The average Bonchev–Trinajstić information content (AvgIpc) is 2.63. The van der Waals surface area contributed by atoms with Crippen LogP contribution in [0.2, 0.25) is 0 Å². The number of fused-ring (bicyclic) bond motifs is 1. The summed E-state index contributed by atoms with van der Waals surface area (Å²) in [7, 11) is 2.94. The Balaban J connectivity index is 2.33. The Morgan fingerprint density at radius 3 is 2.46 bits per heavy atom. The van der Waals surface area contributed by atoms with Crippen LogP contribution in [0.25, 0.3) is 11.0 Å². The molecule has 0 aliphatic carbocycles. The van der Waals surface area contributed by atoms with Gasteiger partial charge in [-0.15, -0.1) is 0 Å². The van der Waals surface area contributed by atoms with E-state index in [0.29, 0.717) is 12.2 Å². The SMILES string of the molecule is CCN(CC)CCCNC(=O)c1cc(C)nc2c1c(=O)n(C)c(=O)n2C. The summed E-state index contributed by atoms with van der Waals surface area (Å²) in [5, 5.41) is 3.04. The lowest BCUT2D eigenvalue weighted by Crippen LogP contribution is -2.39. The molecule has 0 atom stereocenters. The Kier molecular flexibility index (Phi) is 6.31. The van der Waals surface area contributed by atoms with Gasteiger partial charge in [-0.1, -0.05) is 13.8 Å². The maximum Gasteiger partial charge on any atom is 0.332 e. The number of carbonyl (C=O) groups excluding carboxylic acids is 1. The minimum Gasteiger partial charge on any atom is -0.352 e. The van der Waals surface area contributed by atoms with Crippen LogP contribution in [0.4, 0.5) is 0 Å². The zero-order valence-corrected chi connectivity index (χ0v) is 16.1. The van der Waals surface area contributed by atoms with Gasteiger partial charge in [-0.2, -0.15) is 0 Å². The summed E-state index contributed by atoms with van der Waals surface area (Å²) in [5.41, 5.74) is 0.0852. The van der Waals surface area contributed by atoms with E-state index in [2.05, 4.69) is 29.0 Å². The van der Waals surface area contributed by atoms with E-state index in [1.54, 1.807) is 20.0 Å². The fourth-order valence-corrected chi connectivity index (χ4v) is 3.00. The van der Waals surface area contributed by atoms with Crippen LogP contribution in [0.3, 0.4) is 0 Å². The highest BCUT2D eigenvalue weighted by Gasteiger charge is 2.18. The van der Waals surface area contributed by atoms with Crippen molar-refractivity contribution >= 4 is 16.9 Å². The van der Waals surface area contributed by atoms with Crippen molar-refractivity contribution in [2.24, 2.45) is 14.1 Å². The number of aromatic nitrogens is 3. The van der Waals surface area contributed by atoms with E-state index in [4.69, 9.17) is 0 Å². The van der Waals surface area contributed by atoms with Gasteiger partial charge >= 0.3 is 5.69 Å². The molecule has 2 heterocycles. The number of carbonyl (C=O) groups is 1. The summed E-state index contributed by atoms with van der Waals surface area (Å²) >= 11 is 0. The molecule has 0 bridgehead atoms. The van der Waals surface area contributed by atoms with E-state index in [0.717, 1.165) is 30.6 Å². The molecule has 0 saturated heterocycles. The van der Waals surface area contributed by atoms with E-state index in [-0.39, 0.29) is 22.5 Å². The Labute approximate surface area is 152 Å². The number of hydrogen-bond donors (Lipinski definition) is 1. The lowest BCUT2D eigenvalue weighted by molar-refractivity contribution is 0.0953. The molecule has 0 radical (unpaired) electrons. The van der Waals surface area contributed by atoms with Crippen molar-refractivity contribution in [1.82, 2.24) is 24.3 Å². The fraction of sp³-hybridized carbons (Fsp3) is 0.556. The van der Waals surface area contributed by atoms with Crippen LogP contribution < -0.4 is 16.6 Å². The van der Waals surface area contributed by atoms with Gasteiger partial charge in [-0.05, 0) is 39.0 Å². The van der Waals surface area contributed by atoms with E-state index < -0.39 is 11.2 Å². The molecule has 2 aromatic heterocycles. The minimum atomic E-state index is -0.510. The van der Waals surface area contributed by atoms with Crippen molar-refractivity contribution < 1.29 is 4.79 Å². The summed E-state index contributed by atoms with van der Waals surface area (Å²) in [6, 6.07) is 1.59. The molecule has 2 aromatic rings. The van der Waals surface area contributed by atoms with Crippen LogP contribution in [-0.2, 0) is 14.1 Å². The van der Waals surface area contributed by atoms with Gasteiger partial charge in [-0.25, -0.2) is 9.78 Å². The molecule has 0 fully saturated rings.